The van der Waals surface area contributed by atoms with E-state index in [1.54, 1.807) is 7.11 Å². The Hall–Kier alpha value is -3.73. The summed E-state index contributed by atoms with van der Waals surface area (Å²) in [7, 11) is 5.54. The number of allylic oxidation sites excluding steroid dienone is 2. The lowest BCUT2D eigenvalue weighted by atomic mass is 10.0. The van der Waals surface area contributed by atoms with Crippen LogP contribution in [0.25, 0.3) is 5.57 Å². The average Bonchev–Trinajstić information content (AvgIpc) is 2.80. The molecule has 0 amide bonds. The summed E-state index contributed by atoms with van der Waals surface area (Å²) in [5, 5.41) is 13.1. The first-order valence-corrected chi connectivity index (χ1v) is 9.87. The first-order chi connectivity index (χ1) is 14.6. The molecule has 0 saturated carbocycles. The van der Waals surface area contributed by atoms with Gasteiger partial charge >= 0.3 is 0 Å². The molecule has 0 saturated heterocycles. The molecular weight excluding hydrogens is 372 g/mol. The van der Waals surface area contributed by atoms with Crippen LogP contribution in [-0.4, -0.2) is 27.4 Å². The molecule has 3 rings (SSSR count). The van der Waals surface area contributed by atoms with E-state index in [-0.39, 0.29) is 0 Å². The molecule has 0 aliphatic carbocycles. The number of anilines is 4. The van der Waals surface area contributed by atoms with E-state index in [0.29, 0.717) is 0 Å². The Bertz CT molecular complexity index is 1010. The van der Waals surface area contributed by atoms with E-state index in [9.17, 15) is 0 Å². The number of nitrogens with zero attached hydrogens (tertiary/aromatic N) is 2. The van der Waals surface area contributed by atoms with Gasteiger partial charge in [0.15, 0.2) is 0 Å². The van der Waals surface area contributed by atoms with Gasteiger partial charge in [0.2, 0.25) is 0 Å². The number of rotatable bonds is 8. The molecule has 5 nitrogen and oxygen atoms in total. The van der Waals surface area contributed by atoms with Crippen molar-refractivity contribution in [3.63, 3.8) is 0 Å². The van der Waals surface area contributed by atoms with E-state index < -0.39 is 0 Å². The van der Waals surface area contributed by atoms with Gasteiger partial charge in [-0.15, -0.1) is 0 Å². The van der Waals surface area contributed by atoms with Crippen molar-refractivity contribution in [1.29, 1.82) is 0 Å². The number of nitrogens with one attached hydrogen (secondary N) is 2. The minimum Gasteiger partial charge on any atom is -0.497 e. The Morgan fingerprint density at radius 2 is 1.57 bits per heavy atom. The quantitative estimate of drug-likeness (QED) is 0.359. The van der Waals surface area contributed by atoms with Crippen LogP contribution in [0.15, 0.2) is 84.0 Å². The molecule has 0 radical (unpaired) electrons. The normalized spacial score (nSPS) is 11.4. The van der Waals surface area contributed by atoms with Crippen LogP contribution in [-0.2, 0) is 0 Å². The maximum atomic E-state index is 5.20. The van der Waals surface area contributed by atoms with Gasteiger partial charge in [-0.05, 0) is 67.1 Å². The van der Waals surface area contributed by atoms with E-state index in [2.05, 4.69) is 33.9 Å². The zero-order valence-corrected chi connectivity index (χ0v) is 17.9. The van der Waals surface area contributed by atoms with Crippen molar-refractivity contribution in [3.8, 4) is 5.75 Å². The maximum absolute atomic E-state index is 5.20. The van der Waals surface area contributed by atoms with Crippen molar-refractivity contribution in [2.45, 2.75) is 6.92 Å². The van der Waals surface area contributed by atoms with E-state index >= 15 is 0 Å². The van der Waals surface area contributed by atoms with Crippen LogP contribution < -0.4 is 20.4 Å². The summed E-state index contributed by atoms with van der Waals surface area (Å²) in [4.78, 5) is 0. The minimum atomic E-state index is 0.841. The summed E-state index contributed by atoms with van der Waals surface area (Å²) in [6, 6.07) is 24.2. The van der Waals surface area contributed by atoms with Gasteiger partial charge in [-0.1, -0.05) is 24.3 Å². The first-order valence-electron chi connectivity index (χ1n) is 9.87. The Labute approximate surface area is 178 Å². The number of benzene rings is 3. The molecule has 3 aromatic carbocycles. The van der Waals surface area contributed by atoms with Gasteiger partial charge in [-0.3, -0.25) is 5.01 Å². The molecule has 2 N–H and O–H groups in total. The van der Waals surface area contributed by atoms with Gasteiger partial charge in [0, 0.05) is 36.7 Å². The predicted octanol–water partition coefficient (Wildman–Crippen LogP) is 6.01. The van der Waals surface area contributed by atoms with Gasteiger partial charge in [0.25, 0.3) is 0 Å². The standard InChI is InChI=1S/C25H28N4O/c1-5-19(24-8-6-7-9-25(24)26-2)18-27-29(3)22-14-10-20(11-15-22)28-21-12-16-23(30-4)17-13-21/h5-18,26,28H,1-4H3/b19-5-,27-18-. The van der Waals surface area contributed by atoms with Crippen LogP contribution >= 0.6 is 0 Å². The molecule has 3 aromatic rings. The zero-order valence-electron chi connectivity index (χ0n) is 17.9. The second kappa shape index (κ2) is 10.2. The van der Waals surface area contributed by atoms with Crippen LogP contribution in [0, 0.1) is 0 Å². The highest BCUT2D eigenvalue weighted by Gasteiger charge is 2.05. The Morgan fingerprint density at radius 3 is 2.17 bits per heavy atom. The smallest absolute Gasteiger partial charge is 0.119 e. The molecule has 0 aliphatic heterocycles. The van der Waals surface area contributed by atoms with Gasteiger partial charge in [-0.2, -0.15) is 5.10 Å². The topological polar surface area (TPSA) is 48.9 Å². The number of hydrazone groups is 1. The second-order valence-corrected chi connectivity index (χ2v) is 6.71. The molecule has 0 aliphatic rings. The fourth-order valence-corrected chi connectivity index (χ4v) is 3.07. The highest BCUT2D eigenvalue weighted by molar-refractivity contribution is 6.12. The van der Waals surface area contributed by atoms with Crippen LogP contribution in [0.5, 0.6) is 5.75 Å². The summed E-state index contributed by atoms with van der Waals surface area (Å²) in [5.74, 6) is 0.841. The van der Waals surface area contributed by atoms with E-state index in [0.717, 1.165) is 39.6 Å². The predicted molar refractivity (Wildman–Crippen MR) is 129 cm³/mol. The van der Waals surface area contributed by atoms with Crippen molar-refractivity contribution in [1.82, 2.24) is 0 Å². The minimum absolute atomic E-state index is 0.841. The van der Waals surface area contributed by atoms with Crippen LogP contribution in [0.2, 0.25) is 0 Å². The number of hydrogen-bond donors (Lipinski definition) is 2. The fourth-order valence-electron chi connectivity index (χ4n) is 3.07. The third kappa shape index (κ3) is 5.20. The lowest BCUT2D eigenvalue weighted by Gasteiger charge is -2.15. The molecule has 0 atom stereocenters. The Morgan fingerprint density at radius 1 is 0.933 bits per heavy atom. The van der Waals surface area contributed by atoms with Gasteiger partial charge in [0.05, 0.1) is 19.0 Å². The number of hydrogen-bond acceptors (Lipinski definition) is 5. The molecule has 0 heterocycles. The third-order valence-electron chi connectivity index (χ3n) is 4.81. The lowest BCUT2D eigenvalue weighted by Crippen LogP contribution is -2.09. The van der Waals surface area contributed by atoms with E-state index in [1.165, 1.54) is 0 Å². The average molecular weight is 401 g/mol. The Balaban J connectivity index is 1.68. The monoisotopic (exact) mass is 400 g/mol. The maximum Gasteiger partial charge on any atom is 0.119 e. The fraction of sp³-hybridized carbons (Fsp3) is 0.160. The van der Waals surface area contributed by atoms with Gasteiger partial charge in [0.1, 0.15) is 5.75 Å². The van der Waals surface area contributed by atoms with Crippen molar-refractivity contribution in [2.75, 3.05) is 36.8 Å². The molecule has 154 valence electrons. The number of ether oxygens (including phenoxy) is 1. The Kier molecular flexibility index (Phi) is 7.11. The van der Waals surface area contributed by atoms with Crippen LogP contribution in [0.3, 0.4) is 0 Å². The summed E-state index contributed by atoms with van der Waals surface area (Å²) in [6.45, 7) is 2.02. The molecule has 0 unspecified atom stereocenters. The summed E-state index contributed by atoms with van der Waals surface area (Å²) >= 11 is 0. The third-order valence-corrected chi connectivity index (χ3v) is 4.81. The summed E-state index contributed by atoms with van der Waals surface area (Å²) in [5.41, 5.74) is 6.29. The highest BCUT2D eigenvalue weighted by atomic mass is 16.5. The second-order valence-electron chi connectivity index (χ2n) is 6.71. The molecule has 0 fully saturated rings. The van der Waals surface area contributed by atoms with E-state index in [4.69, 9.17) is 4.74 Å². The molecule has 5 heteroatoms. The lowest BCUT2D eigenvalue weighted by molar-refractivity contribution is 0.415. The largest absolute Gasteiger partial charge is 0.497 e. The molecule has 0 bridgehead atoms. The van der Waals surface area contributed by atoms with Crippen molar-refractivity contribution < 1.29 is 4.74 Å². The van der Waals surface area contributed by atoms with Crippen LogP contribution in [0.1, 0.15) is 12.5 Å². The van der Waals surface area contributed by atoms with Crippen molar-refractivity contribution >= 4 is 34.5 Å². The number of methoxy groups -OCH3 is 1. The van der Waals surface area contributed by atoms with Crippen molar-refractivity contribution in [3.05, 3.63) is 84.4 Å². The first kappa shape index (κ1) is 21.0. The van der Waals surface area contributed by atoms with E-state index in [1.807, 2.05) is 92.9 Å². The van der Waals surface area contributed by atoms with Crippen LogP contribution in [0.4, 0.5) is 22.7 Å². The number of para-hydroxylation sites is 1. The zero-order chi connectivity index (χ0) is 21.3. The van der Waals surface area contributed by atoms with Crippen molar-refractivity contribution in [2.24, 2.45) is 5.10 Å². The molecule has 0 spiro atoms. The highest BCUT2D eigenvalue weighted by Crippen LogP contribution is 2.24. The summed E-state index contributed by atoms with van der Waals surface area (Å²) < 4.78 is 5.20. The SMILES string of the molecule is C/C=C(/C=N\N(C)c1ccc(Nc2ccc(OC)cc2)cc1)c1ccccc1NC. The van der Waals surface area contributed by atoms with Gasteiger partial charge in [-0.25, -0.2) is 0 Å². The molecule has 0 aromatic heterocycles. The summed E-state index contributed by atoms with van der Waals surface area (Å²) in [6.07, 6.45) is 3.95. The van der Waals surface area contributed by atoms with Gasteiger partial charge < -0.3 is 15.4 Å². The molecule has 30 heavy (non-hydrogen) atoms. The molecular formula is C25H28N4O.